The molecule has 1 atom stereocenters. The molecule has 0 aliphatic carbocycles. The number of methoxy groups -OCH3 is 1. The minimum absolute atomic E-state index is 0.229. The van der Waals surface area contributed by atoms with Crippen molar-refractivity contribution in [3.05, 3.63) is 35.6 Å². The van der Waals surface area contributed by atoms with Crippen LogP contribution < -0.4 is 5.32 Å². The van der Waals surface area contributed by atoms with Gasteiger partial charge in [-0.2, -0.15) is 0 Å². The first-order chi connectivity index (χ1) is 8.13. The molecule has 0 radical (unpaired) electrons. The van der Waals surface area contributed by atoms with Gasteiger partial charge >= 0.3 is 5.97 Å². The van der Waals surface area contributed by atoms with E-state index in [1.807, 2.05) is 0 Å². The van der Waals surface area contributed by atoms with Crippen molar-refractivity contribution in [2.24, 2.45) is 0 Å². The third kappa shape index (κ3) is 5.28. The molecule has 0 aliphatic rings. The summed E-state index contributed by atoms with van der Waals surface area (Å²) in [5.41, 5.74) is 1.06. The largest absolute Gasteiger partial charge is 0.468 e. The van der Waals surface area contributed by atoms with Crippen molar-refractivity contribution in [2.75, 3.05) is 20.2 Å². The third-order valence-electron chi connectivity index (χ3n) is 2.28. The molecule has 3 nitrogen and oxygen atoms in total. The lowest BCUT2D eigenvalue weighted by Crippen LogP contribution is -2.30. The number of hydrogen-bond donors (Lipinski definition) is 1. The number of carbonyl (C=O) groups excluding carboxylic acids is 1. The normalized spacial score (nSPS) is 12.2. The summed E-state index contributed by atoms with van der Waals surface area (Å²) in [5, 5.41) is 3.12. The molecular formula is C12H15BrFNO2. The summed E-state index contributed by atoms with van der Waals surface area (Å²) in [6, 6.07) is 6.39. The predicted molar refractivity (Wildman–Crippen MR) is 67.7 cm³/mol. The van der Waals surface area contributed by atoms with Crippen molar-refractivity contribution in [2.45, 2.75) is 11.2 Å². The monoisotopic (exact) mass is 303 g/mol. The molecule has 0 heterocycles. The average Bonchev–Trinajstić information content (AvgIpc) is 2.35. The van der Waals surface area contributed by atoms with E-state index in [-0.39, 0.29) is 16.6 Å². The van der Waals surface area contributed by atoms with Gasteiger partial charge in [-0.05, 0) is 30.7 Å². The van der Waals surface area contributed by atoms with E-state index < -0.39 is 0 Å². The van der Waals surface area contributed by atoms with Crippen LogP contribution >= 0.6 is 15.9 Å². The Morgan fingerprint density at radius 3 is 2.71 bits per heavy atom. The third-order valence-corrected chi connectivity index (χ3v) is 2.98. The van der Waals surface area contributed by atoms with Crippen LogP contribution in [0.2, 0.25) is 0 Å². The van der Waals surface area contributed by atoms with Gasteiger partial charge in [0.25, 0.3) is 0 Å². The van der Waals surface area contributed by atoms with E-state index in [0.29, 0.717) is 6.54 Å². The molecule has 0 bridgehead atoms. The molecule has 0 aromatic heterocycles. The number of ether oxygens (including phenoxy) is 1. The quantitative estimate of drug-likeness (QED) is 0.495. The van der Waals surface area contributed by atoms with Gasteiger partial charge in [0.15, 0.2) is 0 Å². The van der Waals surface area contributed by atoms with E-state index in [0.717, 1.165) is 18.5 Å². The summed E-state index contributed by atoms with van der Waals surface area (Å²) >= 11 is 3.21. The van der Waals surface area contributed by atoms with Gasteiger partial charge < -0.3 is 10.1 Å². The molecule has 0 spiro atoms. The number of hydrogen-bond acceptors (Lipinski definition) is 3. The number of alkyl halides is 1. The maximum absolute atomic E-state index is 12.6. The Morgan fingerprint density at radius 1 is 1.47 bits per heavy atom. The molecule has 1 aromatic carbocycles. The highest BCUT2D eigenvalue weighted by atomic mass is 79.9. The fourth-order valence-corrected chi connectivity index (χ4v) is 1.74. The number of rotatable bonds is 6. The average molecular weight is 304 g/mol. The zero-order valence-electron chi connectivity index (χ0n) is 9.58. The Balaban J connectivity index is 2.20. The highest BCUT2D eigenvalue weighted by Gasteiger charge is 2.13. The summed E-state index contributed by atoms with van der Waals surface area (Å²) < 4.78 is 17.2. The lowest BCUT2D eigenvalue weighted by atomic mass is 10.1. The second kappa shape index (κ2) is 7.40. The highest BCUT2D eigenvalue weighted by Crippen LogP contribution is 2.03. The van der Waals surface area contributed by atoms with E-state index in [2.05, 4.69) is 26.0 Å². The number of nitrogens with one attached hydrogen (secondary N) is 1. The molecule has 5 heteroatoms. The van der Waals surface area contributed by atoms with E-state index in [1.54, 1.807) is 12.1 Å². The molecule has 17 heavy (non-hydrogen) atoms. The van der Waals surface area contributed by atoms with Gasteiger partial charge in [0, 0.05) is 6.54 Å². The van der Waals surface area contributed by atoms with E-state index >= 15 is 0 Å². The Morgan fingerprint density at radius 2 is 2.12 bits per heavy atom. The van der Waals surface area contributed by atoms with Crippen molar-refractivity contribution in [1.29, 1.82) is 0 Å². The molecule has 94 valence electrons. The molecular weight excluding hydrogens is 289 g/mol. The molecule has 0 aliphatic heterocycles. The molecule has 1 N–H and O–H groups in total. The van der Waals surface area contributed by atoms with Gasteiger partial charge in [0.1, 0.15) is 10.6 Å². The van der Waals surface area contributed by atoms with Gasteiger partial charge in [-0.1, -0.05) is 28.1 Å². The summed E-state index contributed by atoms with van der Waals surface area (Å²) in [6.45, 7) is 1.23. The SMILES string of the molecule is COC(=O)C(Br)CNCCc1ccc(F)cc1. The fraction of sp³-hybridized carbons (Fsp3) is 0.417. The Hall–Kier alpha value is -0.940. The first kappa shape index (κ1) is 14.1. The number of benzene rings is 1. The van der Waals surface area contributed by atoms with Crippen LogP contribution in [0.1, 0.15) is 5.56 Å². The van der Waals surface area contributed by atoms with Crippen LogP contribution in [-0.2, 0) is 16.0 Å². The zero-order chi connectivity index (χ0) is 12.7. The van der Waals surface area contributed by atoms with Crippen LogP contribution in [0.25, 0.3) is 0 Å². The molecule has 0 fully saturated rings. The van der Waals surface area contributed by atoms with Crippen LogP contribution in [0.3, 0.4) is 0 Å². The lowest BCUT2D eigenvalue weighted by molar-refractivity contribution is -0.139. The topological polar surface area (TPSA) is 38.3 Å². The molecule has 1 rings (SSSR count). The Bertz CT molecular complexity index is 356. The minimum Gasteiger partial charge on any atom is -0.468 e. The van der Waals surface area contributed by atoms with Crippen molar-refractivity contribution < 1.29 is 13.9 Å². The first-order valence-corrected chi connectivity index (χ1v) is 6.22. The van der Waals surface area contributed by atoms with Gasteiger partial charge in [-0.3, -0.25) is 4.79 Å². The van der Waals surface area contributed by atoms with Crippen molar-refractivity contribution in [3.63, 3.8) is 0 Å². The molecule has 1 aromatic rings. The molecule has 0 saturated carbocycles. The van der Waals surface area contributed by atoms with Gasteiger partial charge in [0.2, 0.25) is 0 Å². The number of esters is 1. The lowest BCUT2D eigenvalue weighted by Gasteiger charge is -2.09. The van der Waals surface area contributed by atoms with Crippen LogP contribution in [0.4, 0.5) is 4.39 Å². The van der Waals surface area contributed by atoms with Gasteiger partial charge in [-0.25, -0.2) is 4.39 Å². The minimum atomic E-state index is -0.333. The number of halogens is 2. The summed E-state index contributed by atoms with van der Waals surface area (Å²) in [7, 11) is 1.36. The summed E-state index contributed by atoms with van der Waals surface area (Å²) in [5.74, 6) is -0.521. The smallest absolute Gasteiger partial charge is 0.320 e. The van der Waals surface area contributed by atoms with E-state index in [1.165, 1.54) is 19.2 Å². The molecule has 0 amide bonds. The zero-order valence-corrected chi connectivity index (χ0v) is 11.2. The molecule has 0 saturated heterocycles. The van der Waals surface area contributed by atoms with Crippen molar-refractivity contribution >= 4 is 21.9 Å². The number of carbonyl (C=O) groups is 1. The Labute approximate surface area is 108 Å². The van der Waals surface area contributed by atoms with Crippen LogP contribution in [-0.4, -0.2) is 31.0 Å². The summed E-state index contributed by atoms with van der Waals surface area (Å²) in [6.07, 6.45) is 0.793. The van der Waals surface area contributed by atoms with Gasteiger partial charge in [0.05, 0.1) is 7.11 Å². The maximum atomic E-state index is 12.6. The predicted octanol–water partition coefficient (Wildman–Crippen LogP) is 1.89. The highest BCUT2D eigenvalue weighted by molar-refractivity contribution is 9.10. The van der Waals surface area contributed by atoms with Gasteiger partial charge in [-0.15, -0.1) is 0 Å². The van der Waals surface area contributed by atoms with Crippen LogP contribution in [0.5, 0.6) is 0 Å². The van der Waals surface area contributed by atoms with Crippen molar-refractivity contribution in [1.82, 2.24) is 5.32 Å². The molecule has 1 unspecified atom stereocenters. The van der Waals surface area contributed by atoms with Crippen molar-refractivity contribution in [3.8, 4) is 0 Å². The van der Waals surface area contributed by atoms with Crippen LogP contribution in [0.15, 0.2) is 24.3 Å². The Kier molecular flexibility index (Phi) is 6.15. The first-order valence-electron chi connectivity index (χ1n) is 5.30. The fourth-order valence-electron chi connectivity index (χ4n) is 1.32. The maximum Gasteiger partial charge on any atom is 0.320 e. The van der Waals surface area contributed by atoms with E-state index in [4.69, 9.17) is 0 Å². The summed E-state index contributed by atoms with van der Waals surface area (Å²) in [4.78, 5) is 10.7. The van der Waals surface area contributed by atoms with Crippen LogP contribution in [0, 0.1) is 5.82 Å². The van der Waals surface area contributed by atoms with E-state index in [9.17, 15) is 9.18 Å². The second-order valence-corrected chi connectivity index (χ2v) is 4.68. The standard InChI is InChI=1S/C12H15BrFNO2/c1-17-12(16)11(13)8-15-7-6-9-2-4-10(14)5-3-9/h2-5,11,15H,6-8H2,1H3. The second-order valence-electron chi connectivity index (χ2n) is 3.57.